The predicted molar refractivity (Wildman–Crippen MR) is 19.4 cm³/mol. The first-order chi connectivity index (χ1) is 1.73. The van der Waals surface area contributed by atoms with E-state index in [0.29, 0.717) is 0 Å². The summed E-state index contributed by atoms with van der Waals surface area (Å²) in [7, 11) is 0. The molecule has 0 aromatic carbocycles. The second-order valence-electron chi connectivity index (χ2n) is 0.338. The SMILES string of the molecule is NC(=O)O.[KH]. The maximum atomic E-state index is 8.78. The van der Waals surface area contributed by atoms with E-state index in [2.05, 4.69) is 5.73 Å². The van der Waals surface area contributed by atoms with Crippen LogP contribution in [0.5, 0.6) is 0 Å². The summed E-state index contributed by atoms with van der Waals surface area (Å²) < 4.78 is 0. The second-order valence-corrected chi connectivity index (χ2v) is 0.338. The molecular weight excluding hydrogens is 97.1 g/mol. The molecule has 4 heteroatoms. The van der Waals surface area contributed by atoms with E-state index in [1.165, 1.54) is 0 Å². The quantitative estimate of drug-likeness (QED) is 0.383. The van der Waals surface area contributed by atoms with Gasteiger partial charge in [-0.3, -0.25) is 0 Å². The Morgan fingerprint density at radius 3 is 1.80 bits per heavy atom. The molecule has 0 aliphatic heterocycles. The van der Waals surface area contributed by atoms with Crippen molar-refractivity contribution >= 4 is 57.5 Å². The predicted octanol–water partition coefficient (Wildman–Crippen LogP) is -1.03. The first kappa shape index (κ1) is 9.32. The van der Waals surface area contributed by atoms with Crippen molar-refractivity contribution < 1.29 is 9.90 Å². The van der Waals surface area contributed by atoms with Gasteiger partial charge in [-0.05, 0) is 0 Å². The molecule has 26 valence electrons. The van der Waals surface area contributed by atoms with Crippen LogP contribution in [0.2, 0.25) is 0 Å². The molecule has 0 atom stereocenters. The van der Waals surface area contributed by atoms with Gasteiger partial charge in [0.2, 0.25) is 0 Å². The summed E-state index contributed by atoms with van der Waals surface area (Å²) in [6.07, 6.45) is -1.33. The molecule has 3 N–H and O–H groups in total. The minimum absolute atomic E-state index is 0. The van der Waals surface area contributed by atoms with Crippen molar-refractivity contribution in [3.8, 4) is 0 Å². The van der Waals surface area contributed by atoms with E-state index in [-0.39, 0.29) is 51.4 Å². The van der Waals surface area contributed by atoms with Crippen molar-refractivity contribution in [3.63, 3.8) is 0 Å². The Kier molecular flexibility index (Phi) is 9.14. The Morgan fingerprint density at radius 1 is 1.80 bits per heavy atom. The summed E-state index contributed by atoms with van der Waals surface area (Å²) in [5, 5.41) is 7.19. The monoisotopic (exact) mass is 101 g/mol. The third-order valence-electron chi connectivity index (χ3n) is 0. The Labute approximate surface area is 72.0 Å². The number of primary amides is 1. The standard InChI is InChI=1S/CH3NO2.K.H/c2-1(3)4;;/h2H2,(H,3,4);;. The third-order valence-corrected chi connectivity index (χ3v) is 0. The second kappa shape index (κ2) is 4.91. The fourth-order valence-electron chi connectivity index (χ4n) is 0. The van der Waals surface area contributed by atoms with Gasteiger partial charge in [0.05, 0.1) is 0 Å². The van der Waals surface area contributed by atoms with Crippen LogP contribution in [0.4, 0.5) is 4.79 Å². The number of nitrogens with two attached hydrogens (primary N) is 1. The number of hydrogen-bond donors (Lipinski definition) is 2. The molecule has 1 amide bonds. The summed E-state index contributed by atoms with van der Waals surface area (Å²) in [6.45, 7) is 0. The van der Waals surface area contributed by atoms with E-state index in [0.717, 1.165) is 0 Å². The molecule has 0 rings (SSSR count). The van der Waals surface area contributed by atoms with Gasteiger partial charge in [0.15, 0.2) is 0 Å². The molecule has 0 saturated carbocycles. The number of carbonyl (C=O) groups is 1. The Bertz CT molecular complexity index is 32.6. The zero-order valence-corrected chi connectivity index (χ0v) is 1.93. The van der Waals surface area contributed by atoms with Crippen molar-refractivity contribution in [1.82, 2.24) is 0 Å². The van der Waals surface area contributed by atoms with Crippen LogP contribution in [-0.2, 0) is 0 Å². The van der Waals surface area contributed by atoms with Gasteiger partial charge < -0.3 is 10.8 Å². The number of amides is 1. The Balaban J connectivity index is 0. The molecule has 0 fully saturated rings. The van der Waals surface area contributed by atoms with Crippen LogP contribution >= 0.6 is 0 Å². The number of rotatable bonds is 0. The molecule has 3 nitrogen and oxygen atoms in total. The molecular formula is CH4KNO2. The minimum atomic E-state index is -1.33. The van der Waals surface area contributed by atoms with Gasteiger partial charge in [-0.25, -0.2) is 4.79 Å². The first-order valence-corrected chi connectivity index (χ1v) is 0.716. The van der Waals surface area contributed by atoms with Crippen molar-refractivity contribution in [2.75, 3.05) is 0 Å². The van der Waals surface area contributed by atoms with Crippen LogP contribution in [0.25, 0.3) is 0 Å². The van der Waals surface area contributed by atoms with Crippen LogP contribution in [0.3, 0.4) is 0 Å². The summed E-state index contributed by atoms with van der Waals surface area (Å²) in [4.78, 5) is 8.78. The fourth-order valence-corrected chi connectivity index (χ4v) is 0. The number of hydrogen-bond acceptors (Lipinski definition) is 1. The Hall–Kier alpha value is 0.906. The normalized spacial score (nSPS) is 4.80. The summed E-state index contributed by atoms with van der Waals surface area (Å²) >= 11 is 0. The van der Waals surface area contributed by atoms with E-state index in [1.807, 2.05) is 0 Å². The molecule has 0 spiro atoms. The molecule has 0 unspecified atom stereocenters. The molecule has 0 radical (unpaired) electrons. The maximum absolute atomic E-state index is 8.78. The van der Waals surface area contributed by atoms with E-state index in [4.69, 9.17) is 9.90 Å². The molecule has 0 aliphatic carbocycles. The summed E-state index contributed by atoms with van der Waals surface area (Å²) in [5.74, 6) is 0. The van der Waals surface area contributed by atoms with E-state index >= 15 is 0 Å². The average molecular weight is 101 g/mol. The Morgan fingerprint density at radius 2 is 1.80 bits per heavy atom. The van der Waals surface area contributed by atoms with Gasteiger partial charge >= 0.3 is 57.5 Å². The zero-order chi connectivity index (χ0) is 3.58. The van der Waals surface area contributed by atoms with Crippen LogP contribution in [0.1, 0.15) is 0 Å². The number of carboxylic acid groups (broad SMARTS) is 1. The van der Waals surface area contributed by atoms with E-state index < -0.39 is 6.09 Å². The van der Waals surface area contributed by atoms with Crippen molar-refractivity contribution in [3.05, 3.63) is 0 Å². The molecule has 0 aliphatic rings. The molecule has 5 heavy (non-hydrogen) atoms. The van der Waals surface area contributed by atoms with Crippen molar-refractivity contribution in [1.29, 1.82) is 0 Å². The fraction of sp³-hybridized carbons (Fsp3) is 0. The van der Waals surface area contributed by atoms with Crippen LogP contribution < -0.4 is 5.73 Å². The molecule has 0 saturated heterocycles. The van der Waals surface area contributed by atoms with Gasteiger partial charge in [0.25, 0.3) is 0 Å². The van der Waals surface area contributed by atoms with Crippen molar-refractivity contribution in [2.24, 2.45) is 5.73 Å². The van der Waals surface area contributed by atoms with Gasteiger partial charge in [-0.2, -0.15) is 0 Å². The zero-order valence-electron chi connectivity index (χ0n) is 1.93. The van der Waals surface area contributed by atoms with E-state index in [1.54, 1.807) is 0 Å². The van der Waals surface area contributed by atoms with Crippen LogP contribution in [-0.4, -0.2) is 62.6 Å². The van der Waals surface area contributed by atoms with Crippen LogP contribution in [0.15, 0.2) is 0 Å². The molecule has 0 aromatic heterocycles. The average Bonchev–Trinajstić information content (AvgIpc) is 0.811. The summed E-state index contributed by atoms with van der Waals surface area (Å²) in [6, 6.07) is 0. The van der Waals surface area contributed by atoms with Gasteiger partial charge in [0.1, 0.15) is 0 Å². The van der Waals surface area contributed by atoms with Gasteiger partial charge in [-0.1, -0.05) is 0 Å². The van der Waals surface area contributed by atoms with E-state index in [9.17, 15) is 0 Å². The molecule has 0 bridgehead atoms. The van der Waals surface area contributed by atoms with Crippen LogP contribution in [0, 0.1) is 0 Å². The third kappa shape index (κ3) is 50.4. The summed E-state index contributed by atoms with van der Waals surface area (Å²) in [5.41, 5.74) is 4.03. The molecule has 0 aromatic rings. The van der Waals surface area contributed by atoms with Gasteiger partial charge in [0, 0.05) is 0 Å². The topological polar surface area (TPSA) is 63.3 Å². The molecule has 0 heterocycles. The first-order valence-electron chi connectivity index (χ1n) is 0.716. The van der Waals surface area contributed by atoms with Gasteiger partial charge in [-0.15, -0.1) is 0 Å². The van der Waals surface area contributed by atoms with Crippen molar-refractivity contribution in [2.45, 2.75) is 0 Å².